The number of anilines is 1. The molecule has 0 saturated carbocycles. The van der Waals surface area contributed by atoms with Crippen molar-refractivity contribution in [1.82, 2.24) is 9.36 Å². The predicted molar refractivity (Wildman–Crippen MR) is 57.5 cm³/mol. The molecule has 3 heterocycles. The van der Waals surface area contributed by atoms with Crippen LogP contribution in [0.15, 0.2) is 0 Å². The molecule has 0 aromatic carbocycles. The second-order valence-corrected chi connectivity index (χ2v) is 4.91. The van der Waals surface area contributed by atoms with Crippen molar-refractivity contribution in [3.8, 4) is 0 Å². The largest absolute Gasteiger partial charge is 0.341 e. The third kappa shape index (κ3) is 1.24. The SMILES string of the molecule is Cc1nsc(N2C3C[CH]CC2CC3)n1. The maximum absolute atomic E-state index is 4.49. The van der Waals surface area contributed by atoms with Gasteiger partial charge in [0, 0.05) is 23.6 Å². The van der Waals surface area contributed by atoms with Gasteiger partial charge in [-0.2, -0.15) is 4.37 Å². The molecule has 2 unspecified atom stereocenters. The van der Waals surface area contributed by atoms with Crippen LogP contribution in [0.4, 0.5) is 5.13 Å². The Hall–Kier alpha value is -0.640. The van der Waals surface area contributed by atoms with Gasteiger partial charge in [0.25, 0.3) is 0 Å². The van der Waals surface area contributed by atoms with Crippen LogP contribution in [0.1, 0.15) is 31.5 Å². The average Bonchev–Trinajstić information content (AvgIpc) is 2.68. The normalized spacial score (nSPS) is 31.1. The van der Waals surface area contributed by atoms with Gasteiger partial charge in [0.05, 0.1) is 0 Å². The van der Waals surface area contributed by atoms with E-state index >= 15 is 0 Å². The number of piperidine rings is 1. The predicted octanol–water partition coefficient (Wildman–Crippen LogP) is 2.18. The van der Waals surface area contributed by atoms with E-state index in [4.69, 9.17) is 0 Å². The first-order valence-corrected chi connectivity index (χ1v) is 6.02. The number of nitrogens with zero attached hydrogens (tertiary/aromatic N) is 3. The van der Waals surface area contributed by atoms with E-state index in [-0.39, 0.29) is 0 Å². The maximum Gasteiger partial charge on any atom is 0.205 e. The van der Waals surface area contributed by atoms with Gasteiger partial charge in [-0.05, 0) is 39.0 Å². The molecule has 0 amide bonds. The molecule has 14 heavy (non-hydrogen) atoms. The molecule has 2 fully saturated rings. The van der Waals surface area contributed by atoms with Crippen LogP contribution < -0.4 is 4.90 Å². The minimum absolute atomic E-state index is 0.709. The van der Waals surface area contributed by atoms with Crippen molar-refractivity contribution in [3.63, 3.8) is 0 Å². The quantitative estimate of drug-likeness (QED) is 0.708. The van der Waals surface area contributed by atoms with Crippen molar-refractivity contribution in [3.05, 3.63) is 12.2 Å². The van der Waals surface area contributed by atoms with Gasteiger partial charge in [-0.15, -0.1) is 0 Å². The fraction of sp³-hybridized carbons (Fsp3) is 0.700. The van der Waals surface area contributed by atoms with E-state index in [9.17, 15) is 0 Å². The smallest absolute Gasteiger partial charge is 0.205 e. The minimum Gasteiger partial charge on any atom is -0.341 e. The molecule has 2 atom stereocenters. The molecular weight excluding hydrogens is 194 g/mol. The number of hydrogen-bond donors (Lipinski definition) is 0. The number of aryl methyl sites for hydroxylation is 1. The van der Waals surface area contributed by atoms with Crippen LogP contribution in [0.25, 0.3) is 0 Å². The summed E-state index contributed by atoms with van der Waals surface area (Å²) in [4.78, 5) is 7.00. The molecule has 0 N–H and O–H groups in total. The summed E-state index contributed by atoms with van der Waals surface area (Å²) < 4.78 is 4.27. The van der Waals surface area contributed by atoms with Gasteiger partial charge in [0.1, 0.15) is 5.82 Å². The van der Waals surface area contributed by atoms with Crippen molar-refractivity contribution in [2.75, 3.05) is 4.90 Å². The summed E-state index contributed by atoms with van der Waals surface area (Å²) in [5.41, 5.74) is 0. The van der Waals surface area contributed by atoms with Crippen molar-refractivity contribution in [1.29, 1.82) is 0 Å². The lowest BCUT2D eigenvalue weighted by atomic mass is 10.0. The molecule has 1 aromatic heterocycles. The van der Waals surface area contributed by atoms with Crippen LogP contribution >= 0.6 is 11.5 Å². The molecule has 0 aliphatic carbocycles. The van der Waals surface area contributed by atoms with Crippen LogP contribution in [-0.2, 0) is 0 Å². The number of hydrogen-bond acceptors (Lipinski definition) is 4. The Bertz CT molecular complexity index is 320. The first-order chi connectivity index (χ1) is 6.84. The zero-order chi connectivity index (χ0) is 9.54. The molecule has 1 radical (unpaired) electrons. The summed E-state index contributed by atoms with van der Waals surface area (Å²) in [6.45, 7) is 1.97. The highest BCUT2D eigenvalue weighted by atomic mass is 32.1. The molecule has 3 nitrogen and oxygen atoms in total. The third-order valence-electron chi connectivity index (χ3n) is 3.24. The fourth-order valence-corrected chi connectivity index (χ4v) is 3.43. The Balaban J connectivity index is 1.91. The van der Waals surface area contributed by atoms with Gasteiger partial charge in [-0.25, -0.2) is 4.98 Å². The van der Waals surface area contributed by atoms with Crippen LogP contribution in [0.2, 0.25) is 0 Å². The molecule has 2 saturated heterocycles. The molecule has 4 heteroatoms. The van der Waals surface area contributed by atoms with Gasteiger partial charge in [0.15, 0.2) is 0 Å². The van der Waals surface area contributed by atoms with Crippen molar-refractivity contribution >= 4 is 16.7 Å². The molecule has 2 aliphatic heterocycles. The van der Waals surface area contributed by atoms with E-state index in [0.29, 0.717) is 12.1 Å². The van der Waals surface area contributed by atoms with Crippen molar-refractivity contribution in [2.45, 2.75) is 44.7 Å². The molecular formula is C10H14N3S. The first-order valence-electron chi connectivity index (χ1n) is 5.25. The monoisotopic (exact) mass is 208 g/mol. The van der Waals surface area contributed by atoms with E-state index in [0.717, 1.165) is 11.0 Å². The Kier molecular flexibility index (Phi) is 1.97. The fourth-order valence-electron chi connectivity index (χ4n) is 2.61. The Morgan fingerprint density at radius 2 is 2.07 bits per heavy atom. The van der Waals surface area contributed by atoms with E-state index in [1.165, 1.54) is 25.7 Å². The lowest BCUT2D eigenvalue weighted by Crippen LogP contribution is -2.39. The van der Waals surface area contributed by atoms with E-state index in [1.807, 2.05) is 6.92 Å². The van der Waals surface area contributed by atoms with Crippen LogP contribution in [-0.4, -0.2) is 21.4 Å². The van der Waals surface area contributed by atoms with E-state index in [2.05, 4.69) is 20.7 Å². The Morgan fingerprint density at radius 3 is 2.64 bits per heavy atom. The van der Waals surface area contributed by atoms with Gasteiger partial charge in [-0.3, -0.25) is 0 Å². The van der Waals surface area contributed by atoms with Crippen molar-refractivity contribution < 1.29 is 0 Å². The minimum atomic E-state index is 0.709. The van der Waals surface area contributed by atoms with Gasteiger partial charge < -0.3 is 4.90 Å². The lowest BCUT2D eigenvalue weighted by Gasteiger charge is -2.33. The second-order valence-electron chi connectivity index (χ2n) is 4.18. The highest BCUT2D eigenvalue weighted by Gasteiger charge is 2.38. The highest BCUT2D eigenvalue weighted by molar-refractivity contribution is 7.09. The van der Waals surface area contributed by atoms with Crippen LogP contribution in [0, 0.1) is 13.3 Å². The molecule has 75 valence electrons. The van der Waals surface area contributed by atoms with Gasteiger partial charge in [-0.1, -0.05) is 0 Å². The number of aromatic nitrogens is 2. The summed E-state index contributed by atoms with van der Waals surface area (Å²) in [6.07, 6.45) is 7.57. The maximum atomic E-state index is 4.49. The molecule has 1 aromatic rings. The average molecular weight is 208 g/mol. The summed E-state index contributed by atoms with van der Waals surface area (Å²) in [5.74, 6) is 0.916. The summed E-state index contributed by atoms with van der Waals surface area (Å²) in [7, 11) is 0. The zero-order valence-corrected chi connectivity index (χ0v) is 9.13. The van der Waals surface area contributed by atoms with Gasteiger partial charge in [0.2, 0.25) is 5.13 Å². The standard InChI is InChI=1S/C10H14N3S/c1-7-11-10(14-12-7)13-8-3-2-4-9(13)6-5-8/h2,8-9H,3-6H2,1H3. The molecule has 2 aliphatic rings. The second kappa shape index (κ2) is 3.19. The van der Waals surface area contributed by atoms with Gasteiger partial charge >= 0.3 is 0 Å². The topological polar surface area (TPSA) is 29.0 Å². The van der Waals surface area contributed by atoms with Crippen LogP contribution in [0.5, 0.6) is 0 Å². The van der Waals surface area contributed by atoms with E-state index in [1.54, 1.807) is 11.5 Å². The molecule has 2 bridgehead atoms. The Labute approximate surface area is 88.3 Å². The summed E-state index contributed by atoms with van der Waals surface area (Å²) in [5, 5.41) is 1.14. The zero-order valence-electron chi connectivity index (χ0n) is 8.31. The summed E-state index contributed by atoms with van der Waals surface area (Å²) >= 11 is 1.55. The third-order valence-corrected chi connectivity index (χ3v) is 4.06. The number of fused-ring (bicyclic) bond motifs is 2. The highest BCUT2D eigenvalue weighted by Crippen LogP contribution is 2.39. The summed E-state index contributed by atoms with van der Waals surface area (Å²) in [6, 6.07) is 1.42. The lowest BCUT2D eigenvalue weighted by molar-refractivity contribution is 0.543. The van der Waals surface area contributed by atoms with Crippen molar-refractivity contribution in [2.24, 2.45) is 0 Å². The Morgan fingerprint density at radius 1 is 1.36 bits per heavy atom. The first kappa shape index (κ1) is 8.65. The van der Waals surface area contributed by atoms with E-state index < -0.39 is 0 Å². The number of rotatable bonds is 1. The molecule has 3 rings (SSSR count). The van der Waals surface area contributed by atoms with Crippen LogP contribution in [0.3, 0.4) is 0 Å². The molecule has 0 spiro atoms.